The lowest BCUT2D eigenvalue weighted by Gasteiger charge is -2.43. The van der Waals surface area contributed by atoms with Crippen LogP contribution in [0.2, 0.25) is 0 Å². The SMILES string of the molecule is O=S(=O)(NCC1CN(Cc2ccccc2)CC12CCC2)c1ccc(OC(F)(F)F)cc1. The molecule has 2 aliphatic rings. The van der Waals surface area contributed by atoms with Gasteiger partial charge in [0.15, 0.2) is 0 Å². The van der Waals surface area contributed by atoms with Crippen LogP contribution in [0, 0.1) is 11.3 Å². The molecule has 31 heavy (non-hydrogen) atoms. The van der Waals surface area contributed by atoms with Gasteiger partial charge < -0.3 is 4.74 Å². The molecule has 168 valence electrons. The predicted molar refractivity (Wildman–Crippen MR) is 110 cm³/mol. The van der Waals surface area contributed by atoms with Crippen LogP contribution < -0.4 is 9.46 Å². The Morgan fingerprint density at radius 2 is 1.74 bits per heavy atom. The molecule has 2 aromatic carbocycles. The summed E-state index contributed by atoms with van der Waals surface area (Å²) in [7, 11) is -3.82. The van der Waals surface area contributed by atoms with E-state index in [0.717, 1.165) is 63.2 Å². The number of halogens is 3. The van der Waals surface area contributed by atoms with Gasteiger partial charge in [-0.05, 0) is 54.0 Å². The van der Waals surface area contributed by atoms with Gasteiger partial charge in [0, 0.05) is 26.2 Å². The Morgan fingerprint density at radius 3 is 2.32 bits per heavy atom. The summed E-state index contributed by atoms with van der Waals surface area (Å²) in [4.78, 5) is 2.31. The molecule has 2 fully saturated rings. The fraction of sp³-hybridized carbons (Fsp3) is 0.455. The van der Waals surface area contributed by atoms with Crippen LogP contribution in [0.4, 0.5) is 13.2 Å². The third kappa shape index (κ3) is 5.22. The van der Waals surface area contributed by atoms with Gasteiger partial charge in [0.2, 0.25) is 10.0 Å². The first kappa shape index (κ1) is 22.1. The van der Waals surface area contributed by atoms with Crippen molar-refractivity contribution in [2.75, 3.05) is 19.6 Å². The molecule has 0 radical (unpaired) electrons. The molecule has 0 aromatic heterocycles. The maximum absolute atomic E-state index is 12.7. The molecular weight excluding hydrogens is 429 g/mol. The van der Waals surface area contributed by atoms with Crippen LogP contribution in [-0.2, 0) is 16.6 Å². The first-order chi connectivity index (χ1) is 14.7. The normalized spacial score (nSPS) is 21.2. The third-order valence-electron chi connectivity index (χ3n) is 6.37. The maximum Gasteiger partial charge on any atom is 0.573 e. The van der Waals surface area contributed by atoms with Gasteiger partial charge in [-0.2, -0.15) is 0 Å². The van der Waals surface area contributed by atoms with Crippen molar-refractivity contribution in [3.63, 3.8) is 0 Å². The van der Waals surface area contributed by atoms with E-state index in [2.05, 4.69) is 26.5 Å². The van der Waals surface area contributed by atoms with Crippen molar-refractivity contribution in [1.82, 2.24) is 9.62 Å². The van der Waals surface area contributed by atoms with Crippen molar-refractivity contribution in [2.45, 2.75) is 37.1 Å². The number of alkyl halides is 3. The standard InChI is InChI=1S/C22H25F3N2O3S/c23-22(24,25)30-19-7-9-20(10-8-19)31(28,29)26-13-18-15-27(16-21(18)11-4-12-21)14-17-5-2-1-3-6-17/h1-3,5-10,18,26H,4,11-16H2. The molecule has 0 bridgehead atoms. The van der Waals surface area contributed by atoms with Crippen molar-refractivity contribution < 1.29 is 26.3 Å². The quantitative estimate of drug-likeness (QED) is 0.683. The van der Waals surface area contributed by atoms with E-state index in [4.69, 9.17) is 0 Å². The largest absolute Gasteiger partial charge is 0.573 e. The van der Waals surface area contributed by atoms with E-state index in [1.165, 1.54) is 5.56 Å². The van der Waals surface area contributed by atoms with E-state index in [1.54, 1.807) is 0 Å². The molecule has 4 rings (SSSR count). The summed E-state index contributed by atoms with van der Waals surface area (Å²) >= 11 is 0. The van der Waals surface area contributed by atoms with Crippen molar-refractivity contribution in [3.05, 3.63) is 60.2 Å². The van der Waals surface area contributed by atoms with E-state index < -0.39 is 22.1 Å². The number of rotatable bonds is 7. The molecule has 1 unspecified atom stereocenters. The summed E-state index contributed by atoms with van der Waals surface area (Å²) < 4.78 is 68.7. The number of sulfonamides is 1. The van der Waals surface area contributed by atoms with Crippen LogP contribution >= 0.6 is 0 Å². The van der Waals surface area contributed by atoms with Crippen molar-refractivity contribution in [1.29, 1.82) is 0 Å². The Labute approximate surface area is 180 Å². The fourth-order valence-electron chi connectivity index (χ4n) is 4.70. The summed E-state index contributed by atoms with van der Waals surface area (Å²) in [5.41, 5.74) is 1.38. The lowest BCUT2D eigenvalue weighted by atomic mass is 9.63. The van der Waals surface area contributed by atoms with Crippen LogP contribution in [0.5, 0.6) is 5.75 Å². The second-order valence-corrected chi connectivity index (χ2v) is 10.2. The summed E-state index contributed by atoms with van der Waals surface area (Å²) in [6.45, 7) is 2.93. The Hall–Kier alpha value is -2.10. The Kier molecular flexibility index (Phi) is 6.02. The molecule has 1 atom stereocenters. The van der Waals surface area contributed by atoms with E-state index in [9.17, 15) is 21.6 Å². The van der Waals surface area contributed by atoms with Gasteiger partial charge in [0.05, 0.1) is 4.90 Å². The highest BCUT2D eigenvalue weighted by Crippen LogP contribution is 2.51. The van der Waals surface area contributed by atoms with Gasteiger partial charge in [-0.3, -0.25) is 4.90 Å². The minimum atomic E-state index is -4.82. The third-order valence-corrected chi connectivity index (χ3v) is 7.81. The van der Waals surface area contributed by atoms with Crippen LogP contribution in [-0.4, -0.2) is 39.3 Å². The van der Waals surface area contributed by atoms with E-state index in [1.807, 2.05) is 18.2 Å². The number of likely N-dealkylation sites (tertiary alicyclic amines) is 1. The molecule has 1 aliphatic heterocycles. The summed E-state index contributed by atoms with van der Waals surface area (Å²) in [5.74, 6) is -0.250. The summed E-state index contributed by atoms with van der Waals surface area (Å²) in [5, 5.41) is 0. The highest BCUT2D eigenvalue weighted by atomic mass is 32.2. The van der Waals surface area contributed by atoms with Crippen LogP contribution in [0.3, 0.4) is 0 Å². The molecule has 1 aliphatic carbocycles. The van der Waals surface area contributed by atoms with Gasteiger partial charge in [-0.25, -0.2) is 13.1 Å². The predicted octanol–water partition coefficient (Wildman–Crippen LogP) is 4.17. The fourth-order valence-corrected chi connectivity index (χ4v) is 5.78. The second-order valence-electron chi connectivity index (χ2n) is 8.44. The van der Waals surface area contributed by atoms with E-state index in [-0.39, 0.29) is 16.2 Å². The molecular formula is C22H25F3N2O3S. The number of hydrogen-bond acceptors (Lipinski definition) is 4. The smallest absolute Gasteiger partial charge is 0.406 e. The van der Waals surface area contributed by atoms with Crippen LogP contribution in [0.15, 0.2) is 59.5 Å². The van der Waals surface area contributed by atoms with E-state index in [0.29, 0.717) is 6.54 Å². The lowest BCUT2D eigenvalue weighted by Crippen LogP contribution is -2.42. The van der Waals surface area contributed by atoms with Crippen LogP contribution in [0.25, 0.3) is 0 Å². The first-order valence-electron chi connectivity index (χ1n) is 10.3. The highest BCUT2D eigenvalue weighted by Gasteiger charge is 2.50. The topological polar surface area (TPSA) is 58.6 Å². The Bertz CT molecular complexity index is 991. The number of nitrogens with one attached hydrogen (secondary N) is 1. The summed E-state index contributed by atoms with van der Waals surface area (Å²) in [6, 6.07) is 14.5. The number of nitrogens with zero attached hydrogens (tertiary/aromatic N) is 1. The van der Waals surface area contributed by atoms with Crippen LogP contribution in [0.1, 0.15) is 24.8 Å². The number of ether oxygens (including phenoxy) is 1. The molecule has 1 saturated carbocycles. The molecule has 2 aromatic rings. The zero-order valence-corrected chi connectivity index (χ0v) is 17.8. The molecule has 1 spiro atoms. The molecule has 9 heteroatoms. The van der Waals surface area contributed by atoms with Gasteiger partial charge in [-0.15, -0.1) is 13.2 Å². The molecule has 1 N–H and O–H groups in total. The average molecular weight is 455 g/mol. The number of benzene rings is 2. The molecule has 1 saturated heterocycles. The maximum atomic E-state index is 12.7. The molecule has 0 amide bonds. The van der Waals surface area contributed by atoms with Crippen molar-refractivity contribution in [2.24, 2.45) is 11.3 Å². The lowest BCUT2D eigenvalue weighted by molar-refractivity contribution is -0.274. The van der Waals surface area contributed by atoms with Crippen molar-refractivity contribution >= 4 is 10.0 Å². The minimum absolute atomic E-state index is 0.0798. The summed E-state index contributed by atoms with van der Waals surface area (Å²) in [6.07, 6.45) is -1.48. The average Bonchev–Trinajstić information content (AvgIpc) is 3.05. The van der Waals surface area contributed by atoms with Gasteiger partial charge in [-0.1, -0.05) is 36.8 Å². The number of hydrogen-bond donors (Lipinski definition) is 1. The van der Waals surface area contributed by atoms with Gasteiger partial charge in [0.1, 0.15) is 5.75 Å². The minimum Gasteiger partial charge on any atom is -0.406 e. The van der Waals surface area contributed by atoms with Gasteiger partial charge in [0.25, 0.3) is 0 Å². The second kappa shape index (κ2) is 8.44. The zero-order chi connectivity index (χ0) is 22.1. The Balaban J connectivity index is 1.39. The van der Waals surface area contributed by atoms with Gasteiger partial charge >= 0.3 is 6.36 Å². The first-order valence-corrected chi connectivity index (χ1v) is 11.8. The molecule has 5 nitrogen and oxygen atoms in total. The Morgan fingerprint density at radius 1 is 1.06 bits per heavy atom. The monoisotopic (exact) mass is 454 g/mol. The zero-order valence-electron chi connectivity index (χ0n) is 16.9. The van der Waals surface area contributed by atoms with E-state index >= 15 is 0 Å². The highest BCUT2D eigenvalue weighted by molar-refractivity contribution is 7.89. The van der Waals surface area contributed by atoms with Crippen molar-refractivity contribution in [3.8, 4) is 5.75 Å². The molecule has 1 heterocycles.